The van der Waals surface area contributed by atoms with Crippen molar-refractivity contribution in [2.45, 2.75) is 23.6 Å². The maximum absolute atomic E-state index is 12.7. The fraction of sp³-hybridized carbons (Fsp3) is 0.333. The summed E-state index contributed by atoms with van der Waals surface area (Å²) in [5.74, 6) is 0. The number of rotatable bonds is 2. The lowest BCUT2D eigenvalue weighted by atomic mass is 10.0. The van der Waals surface area contributed by atoms with Crippen molar-refractivity contribution < 1.29 is 8.42 Å². The zero-order valence-corrected chi connectivity index (χ0v) is 14.2. The van der Waals surface area contributed by atoms with Crippen LogP contribution in [-0.2, 0) is 16.4 Å². The normalized spacial score (nSPS) is 20.4. The molecule has 1 unspecified atom stereocenters. The summed E-state index contributed by atoms with van der Waals surface area (Å²) in [7, 11) is -3.38. The van der Waals surface area contributed by atoms with Crippen molar-refractivity contribution in [2.75, 3.05) is 6.54 Å². The van der Waals surface area contributed by atoms with E-state index >= 15 is 0 Å². The van der Waals surface area contributed by atoms with Crippen LogP contribution >= 0.6 is 38.6 Å². The second-order valence-electron chi connectivity index (χ2n) is 4.40. The molecule has 0 fully saturated rings. The van der Waals surface area contributed by atoms with E-state index < -0.39 is 10.0 Å². The van der Waals surface area contributed by atoms with Crippen molar-refractivity contribution in [3.63, 3.8) is 0 Å². The van der Waals surface area contributed by atoms with Gasteiger partial charge in [-0.3, -0.25) is 0 Å². The van der Waals surface area contributed by atoms with E-state index in [9.17, 15) is 8.42 Å². The van der Waals surface area contributed by atoms with Crippen molar-refractivity contribution in [1.82, 2.24) is 4.31 Å². The minimum Gasteiger partial charge on any atom is -0.206 e. The van der Waals surface area contributed by atoms with E-state index in [2.05, 4.69) is 15.9 Å². The maximum atomic E-state index is 12.7. The molecule has 0 amide bonds. The molecule has 2 aromatic rings. The Hall–Kier alpha value is -0.210. The third-order valence-electron chi connectivity index (χ3n) is 3.33. The van der Waals surface area contributed by atoms with E-state index in [0.717, 1.165) is 15.8 Å². The van der Waals surface area contributed by atoms with Gasteiger partial charge in [0, 0.05) is 17.5 Å². The zero-order chi connectivity index (χ0) is 13.6. The first-order valence-corrected chi connectivity index (χ1v) is 9.76. The highest BCUT2D eigenvalue weighted by Crippen LogP contribution is 2.38. The Morgan fingerprint density at radius 2 is 2.16 bits per heavy atom. The summed E-state index contributed by atoms with van der Waals surface area (Å²) in [6.07, 6.45) is 0.809. The molecule has 0 bridgehead atoms. The van der Waals surface area contributed by atoms with Gasteiger partial charge in [0.05, 0.1) is 3.79 Å². The van der Waals surface area contributed by atoms with Gasteiger partial charge in [-0.25, -0.2) is 8.42 Å². The Morgan fingerprint density at radius 1 is 1.37 bits per heavy atom. The second-order valence-corrected chi connectivity index (χ2v) is 9.98. The molecule has 0 aliphatic carbocycles. The number of thiophene rings is 2. The van der Waals surface area contributed by atoms with Crippen LogP contribution in [0.3, 0.4) is 0 Å². The number of sulfonamides is 1. The molecule has 1 aliphatic heterocycles. The van der Waals surface area contributed by atoms with Gasteiger partial charge in [0.15, 0.2) is 0 Å². The lowest BCUT2D eigenvalue weighted by Crippen LogP contribution is -2.37. The van der Waals surface area contributed by atoms with Crippen molar-refractivity contribution in [3.8, 4) is 0 Å². The van der Waals surface area contributed by atoms with E-state index in [1.54, 1.807) is 27.8 Å². The van der Waals surface area contributed by atoms with E-state index in [0.29, 0.717) is 10.8 Å². The van der Waals surface area contributed by atoms with E-state index in [1.165, 1.54) is 16.2 Å². The minimum absolute atomic E-state index is 0.0825. The van der Waals surface area contributed by atoms with Crippen LogP contribution < -0.4 is 0 Å². The van der Waals surface area contributed by atoms with Gasteiger partial charge in [-0.1, -0.05) is 0 Å². The van der Waals surface area contributed by atoms with Gasteiger partial charge in [-0.05, 0) is 58.4 Å². The largest absolute Gasteiger partial charge is 0.253 e. The van der Waals surface area contributed by atoms with Crippen LogP contribution in [0.2, 0.25) is 0 Å². The second kappa shape index (κ2) is 4.96. The number of halogens is 1. The van der Waals surface area contributed by atoms with Crippen molar-refractivity contribution in [1.29, 1.82) is 0 Å². The number of hydrogen-bond donors (Lipinski definition) is 0. The van der Waals surface area contributed by atoms with E-state index in [4.69, 9.17) is 0 Å². The number of hydrogen-bond acceptors (Lipinski definition) is 4. The Balaban J connectivity index is 2.00. The smallest absolute Gasteiger partial charge is 0.206 e. The molecule has 1 aliphatic rings. The van der Waals surface area contributed by atoms with Crippen molar-refractivity contribution >= 4 is 48.6 Å². The Kier molecular flexibility index (Phi) is 3.59. The quantitative estimate of drug-likeness (QED) is 0.795. The molecule has 3 heterocycles. The molecule has 1 atom stereocenters. The molecular weight excluding hydrogens is 366 g/mol. The van der Waals surface area contributed by atoms with Crippen LogP contribution in [0.25, 0.3) is 0 Å². The van der Waals surface area contributed by atoms with E-state index in [1.807, 2.05) is 18.4 Å². The standard InChI is InChI=1S/C12H12BrNO2S3/c1-8-9-5-7-17-10(9)4-6-14(8)19(15,16)12-3-2-11(13)18-12/h2-3,5,7-8H,4,6H2,1H3. The van der Waals surface area contributed by atoms with Crippen molar-refractivity contribution in [3.05, 3.63) is 37.8 Å². The zero-order valence-electron chi connectivity index (χ0n) is 10.2. The Bertz CT molecular complexity index is 704. The molecular formula is C12H12BrNO2S3. The van der Waals surface area contributed by atoms with Gasteiger partial charge in [-0.15, -0.1) is 22.7 Å². The number of fused-ring (bicyclic) bond motifs is 1. The van der Waals surface area contributed by atoms with Gasteiger partial charge in [0.25, 0.3) is 10.0 Å². The molecule has 2 aromatic heterocycles. The monoisotopic (exact) mass is 377 g/mol. The van der Waals surface area contributed by atoms with Gasteiger partial charge >= 0.3 is 0 Å². The predicted octanol–water partition coefficient (Wildman–Crippen LogP) is 3.88. The van der Waals surface area contributed by atoms with Crippen LogP contribution in [0.1, 0.15) is 23.4 Å². The molecule has 0 spiro atoms. The fourth-order valence-corrected chi connectivity index (χ4v) is 7.08. The summed E-state index contributed by atoms with van der Waals surface area (Å²) >= 11 is 6.30. The Morgan fingerprint density at radius 3 is 2.84 bits per heavy atom. The fourth-order valence-electron chi connectivity index (χ4n) is 2.37. The molecule has 0 radical (unpaired) electrons. The summed E-state index contributed by atoms with van der Waals surface area (Å²) < 4.78 is 28.2. The van der Waals surface area contributed by atoms with Gasteiger partial charge < -0.3 is 0 Å². The summed E-state index contributed by atoms with van der Waals surface area (Å²) in [4.78, 5) is 1.31. The third kappa shape index (κ3) is 2.31. The van der Waals surface area contributed by atoms with Gasteiger partial charge in [0.1, 0.15) is 4.21 Å². The third-order valence-corrected chi connectivity index (χ3v) is 8.39. The first-order valence-electron chi connectivity index (χ1n) is 5.83. The maximum Gasteiger partial charge on any atom is 0.253 e. The van der Waals surface area contributed by atoms with Gasteiger partial charge in [0.2, 0.25) is 0 Å². The van der Waals surface area contributed by atoms with Crippen molar-refractivity contribution in [2.24, 2.45) is 0 Å². The molecule has 0 N–H and O–H groups in total. The first kappa shape index (κ1) is 13.8. The van der Waals surface area contributed by atoms with Crippen LogP contribution in [0.4, 0.5) is 0 Å². The lowest BCUT2D eigenvalue weighted by molar-refractivity contribution is 0.330. The SMILES string of the molecule is CC1c2ccsc2CCN1S(=O)(=O)c1ccc(Br)s1. The topological polar surface area (TPSA) is 37.4 Å². The molecule has 3 nitrogen and oxygen atoms in total. The molecule has 102 valence electrons. The number of nitrogens with zero attached hydrogens (tertiary/aromatic N) is 1. The molecule has 0 saturated heterocycles. The average Bonchev–Trinajstić information content (AvgIpc) is 2.97. The molecule has 19 heavy (non-hydrogen) atoms. The highest BCUT2D eigenvalue weighted by Gasteiger charge is 2.35. The van der Waals surface area contributed by atoms with Crippen LogP contribution in [0.15, 0.2) is 31.6 Å². The summed E-state index contributed by atoms with van der Waals surface area (Å²) in [5.41, 5.74) is 1.15. The highest BCUT2D eigenvalue weighted by atomic mass is 79.9. The average molecular weight is 378 g/mol. The van der Waals surface area contributed by atoms with Crippen LogP contribution in [-0.4, -0.2) is 19.3 Å². The van der Waals surface area contributed by atoms with Gasteiger partial charge in [-0.2, -0.15) is 4.31 Å². The van der Waals surface area contributed by atoms with Crippen LogP contribution in [0.5, 0.6) is 0 Å². The van der Waals surface area contributed by atoms with E-state index in [-0.39, 0.29) is 6.04 Å². The molecule has 3 rings (SSSR count). The van der Waals surface area contributed by atoms with Crippen LogP contribution in [0, 0.1) is 0 Å². The summed E-state index contributed by atoms with van der Waals surface area (Å²) in [6.45, 7) is 2.53. The minimum atomic E-state index is -3.38. The first-order chi connectivity index (χ1) is 9.00. The lowest BCUT2D eigenvalue weighted by Gasteiger charge is -2.32. The predicted molar refractivity (Wildman–Crippen MR) is 82.3 cm³/mol. The molecule has 0 saturated carbocycles. The Labute approximate surface area is 129 Å². The highest BCUT2D eigenvalue weighted by molar-refractivity contribution is 9.11. The molecule has 7 heteroatoms. The molecule has 0 aromatic carbocycles. The summed E-state index contributed by atoms with van der Waals surface area (Å²) in [6, 6.07) is 5.40. The summed E-state index contributed by atoms with van der Waals surface area (Å²) in [5, 5.41) is 2.04.